The van der Waals surface area contributed by atoms with Gasteiger partial charge >= 0.3 is 12.0 Å². The molecule has 1 rings (SSSR count). The zero-order valence-electron chi connectivity index (χ0n) is 11.7. The quantitative estimate of drug-likeness (QED) is 0.544. The fourth-order valence-corrected chi connectivity index (χ4v) is 2.05. The smallest absolute Gasteiger partial charge is 0.326 e. The van der Waals surface area contributed by atoms with E-state index >= 15 is 0 Å². The summed E-state index contributed by atoms with van der Waals surface area (Å²) in [6, 6.07) is -1.30. The van der Waals surface area contributed by atoms with E-state index in [9.17, 15) is 9.59 Å². The number of aliphatic carboxylic acids is 1. The molecule has 1 atom stereocenters. The number of methoxy groups -OCH3 is 1. The first-order valence-corrected chi connectivity index (χ1v) is 6.69. The van der Waals surface area contributed by atoms with E-state index < -0.39 is 12.0 Å². The molecule has 0 bridgehead atoms. The molecule has 0 radical (unpaired) electrons. The van der Waals surface area contributed by atoms with Gasteiger partial charge in [-0.25, -0.2) is 9.59 Å². The predicted octanol–water partition coefficient (Wildman–Crippen LogP) is -1.20. The number of urea groups is 1. The SMILES string of the molecule is COCCC(NC(=O)N1CCN(CCO)CC1)C(=O)O. The van der Waals surface area contributed by atoms with Gasteiger partial charge in [-0.1, -0.05) is 0 Å². The molecule has 8 nitrogen and oxygen atoms in total. The van der Waals surface area contributed by atoms with Crippen LogP contribution in [0, 0.1) is 0 Å². The van der Waals surface area contributed by atoms with Crippen molar-refractivity contribution >= 4 is 12.0 Å². The van der Waals surface area contributed by atoms with E-state index in [0.29, 0.717) is 32.7 Å². The Labute approximate surface area is 118 Å². The molecule has 0 saturated carbocycles. The third-order valence-electron chi connectivity index (χ3n) is 3.28. The number of ether oxygens (including phenoxy) is 1. The average molecular weight is 289 g/mol. The molecule has 0 spiro atoms. The van der Waals surface area contributed by atoms with Crippen molar-refractivity contribution < 1.29 is 24.5 Å². The largest absolute Gasteiger partial charge is 0.480 e. The summed E-state index contributed by atoms with van der Waals surface area (Å²) in [7, 11) is 1.49. The van der Waals surface area contributed by atoms with Crippen molar-refractivity contribution in [3.63, 3.8) is 0 Å². The fourth-order valence-electron chi connectivity index (χ4n) is 2.05. The van der Waals surface area contributed by atoms with Gasteiger partial charge in [-0.2, -0.15) is 0 Å². The molecule has 0 aromatic rings. The van der Waals surface area contributed by atoms with Crippen LogP contribution in [0.25, 0.3) is 0 Å². The molecule has 2 amide bonds. The van der Waals surface area contributed by atoms with Gasteiger partial charge in [0, 0.05) is 52.9 Å². The number of carbonyl (C=O) groups is 2. The van der Waals surface area contributed by atoms with Crippen molar-refractivity contribution in [1.29, 1.82) is 0 Å². The van der Waals surface area contributed by atoms with Crippen LogP contribution in [0.2, 0.25) is 0 Å². The number of carbonyl (C=O) groups excluding carboxylic acids is 1. The molecule has 1 aliphatic heterocycles. The summed E-state index contributed by atoms with van der Waals surface area (Å²) < 4.78 is 4.83. The number of hydrogen-bond acceptors (Lipinski definition) is 5. The summed E-state index contributed by atoms with van der Waals surface area (Å²) in [5, 5.41) is 20.4. The van der Waals surface area contributed by atoms with Gasteiger partial charge in [0.25, 0.3) is 0 Å². The Morgan fingerprint density at radius 3 is 2.45 bits per heavy atom. The van der Waals surface area contributed by atoms with Gasteiger partial charge in [0.15, 0.2) is 0 Å². The predicted molar refractivity (Wildman–Crippen MR) is 71.5 cm³/mol. The maximum absolute atomic E-state index is 12.0. The second-order valence-corrected chi connectivity index (χ2v) is 4.67. The Morgan fingerprint density at radius 2 is 1.95 bits per heavy atom. The molecule has 1 aliphatic rings. The molecular weight excluding hydrogens is 266 g/mol. The minimum absolute atomic E-state index is 0.101. The fraction of sp³-hybridized carbons (Fsp3) is 0.833. The number of carboxylic acid groups (broad SMARTS) is 1. The monoisotopic (exact) mass is 289 g/mol. The van der Waals surface area contributed by atoms with E-state index in [-0.39, 0.29) is 25.7 Å². The third kappa shape index (κ3) is 5.32. The molecule has 1 heterocycles. The second-order valence-electron chi connectivity index (χ2n) is 4.67. The van der Waals surface area contributed by atoms with Crippen molar-refractivity contribution in [3.05, 3.63) is 0 Å². The van der Waals surface area contributed by atoms with E-state index in [1.807, 2.05) is 0 Å². The minimum Gasteiger partial charge on any atom is -0.480 e. The Kier molecular flexibility index (Phi) is 7.27. The van der Waals surface area contributed by atoms with Gasteiger partial charge in [0.1, 0.15) is 6.04 Å². The van der Waals surface area contributed by atoms with E-state index in [1.54, 1.807) is 4.90 Å². The first-order valence-electron chi connectivity index (χ1n) is 6.69. The maximum Gasteiger partial charge on any atom is 0.326 e. The summed E-state index contributed by atoms with van der Waals surface area (Å²) in [5.41, 5.74) is 0. The molecule has 0 aliphatic carbocycles. The summed E-state index contributed by atoms with van der Waals surface area (Å²) in [6.45, 7) is 3.41. The highest BCUT2D eigenvalue weighted by Gasteiger charge is 2.25. The third-order valence-corrected chi connectivity index (χ3v) is 3.28. The van der Waals surface area contributed by atoms with Crippen LogP contribution >= 0.6 is 0 Å². The number of piperazine rings is 1. The van der Waals surface area contributed by atoms with E-state index in [2.05, 4.69) is 10.2 Å². The van der Waals surface area contributed by atoms with Crippen molar-refractivity contribution in [2.75, 3.05) is 53.0 Å². The summed E-state index contributed by atoms with van der Waals surface area (Å²) in [6.07, 6.45) is 0.238. The zero-order chi connectivity index (χ0) is 15.0. The highest BCUT2D eigenvalue weighted by molar-refractivity contribution is 5.82. The van der Waals surface area contributed by atoms with Crippen LogP contribution in [-0.2, 0) is 9.53 Å². The van der Waals surface area contributed by atoms with Gasteiger partial charge in [0.2, 0.25) is 0 Å². The molecule has 1 unspecified atom stereocenters. The Balaban J connectivity index is 2.39. The molecule has 1 saturated heterocycles. The normalized spacial score (nSPS) is 17.8. The van der Waals surface area contributed by atoms with Gasteiger partial charge in [-0.3, -0.25) is 4.90 Å². The highest BCUT2D eigenvalue weighted by atomic mass is 16.5. The lowest BCUT2D eigenvalue weighted by atomic mass is 10.2. The summed E-state index contributed by atoms with van der Waals surface area (Å²) >= 11 is 0. The number of amides is 2. The summed E-state index contributed by atoms with van der Waals surface area (Å²) in [4.78, 5) is 26.7. The van der Waals surface area contributed by atoms with Crippen LogP contribution < -0.4 is 5.32 Å². The van der Waals surface area contributed by atoms with Crippen LogP contribution in [-0.4, -0.2) is 91.1 Å². The van der Waals surface area contributed by atoms with Crippen LogP contribution in [0.3, 0.4) is 0 Å². The first kappa shape index (κ1) is 16.7. The van der Waals surface area contributed by atoms with Gasteiger partial charge in [-0.05, 0) is 0 Å². The molecular formula is C12H23N3O5. The molecule has 116 valence electrons. The van der Waals surface area contributed by atoms with Crippen LogP contribution in [0.15, 0.2) is 0 Å². The summed E-state index contributed by atoms with van der Waals surface area (Å²) in [5.74, 6) is -1.06. The number of nitrogens with one attached hydrogen (secondary N) is 1. The van der Waals surface area contributed by atoms with Gasteiger partial charge in [0.05, 0.1) is 6.61 Å². The second kappa shape index (κ2) is 8.72. The van der Waals surface area contributed by atoms with E-state index in [4.69, 9.17) is 14.9 Å². The van der Waals surface area contributed by atoms with Crippen LogP contribution in [0.5, 0.6) is 0 Å². The number of aliphatic hydroxyl groups excluding tert-OH is 1. The molecule has 20 heavy (non-hydrogen) atoms. The van der Waals surface area contributed by atoms with Gasteiger partial charge < -0.3 is 25.2 Å². The standard InChI is InChI=1S/C12H23N3O5/c1-20-9-2-10(11(17)18)13-12(19)15-5-3-14(4-6-15)7-8-16/h10,16H,2-9H2,1H3,(H,13,19)(H,17,18). The van der Waals surface area contributed by atoms with Crippen molar-refractivity contribution in [2.24, 2.45) is 0 Å². The molecule has 0 aromatic carbocycles. The van der Waals surface area contributed by atoms with Crippen molar-refractivity contribution in [1.82, 2.24) is 15.1 Å². The first-order chi connectivity index (χ1) is 9.58. The number of carboxylic acids is 1. The number of rotatable bonds is 7. The topological polar surface area (TPSA) is 102 Å². The Bertz CT molecular complexity index is 318. The lowest BCUT2D eigenvalue weighted by molar-refractivity contribution is -0.139. The number of hydrogen-bond donors (Lipinski definition) is 3. The van der Waals surface area contributed by atoms with Crippen molar-refractivity contribution in [2.45, 2.75) is 12.5 Å². The molecule has 1 fully saturated rings. The lowest BCUT2D eigenvalue weighted by Crippen LogP contribution is -2.55. The highest BCUT2D eigenvalue weighted by Crippen LogP contribution is 2.03. The maximum atomic E-state index is 12.0. The number of aliphatic hydroxyl groups is 1. The molecule has 3 N–H and O–H groups in total. The minimum atomic E-state index is -1.06. The average Bonchev–Trinajstić information content (AvgIpc) is 2.44. The van der Waals surface area contributed by atoms with E-state index in [0.717, 1.165) is 0 Å². The number of β-amino-alcohol motifs (C(OH)–C–C–N with tert-alkyl or cyclic N) is 1. The zero-order valence-corrected chi connectivity index (χ0v) is 11.7. The molecule has 8 heteroatoms. The van der Waals surface area contributed by atoms with E-state index in [1.165, 1.54) is 7.11 Å². The van der Waals surface area contributed by atoms with Crippen LogP contribution in [0.4, 0.5) is 4.79 Å². The van der Waals surface area contributed by atoms with Crippen LogP contribution in [0.1, 0.15) is 6.42 Å². The van der Waals surface area contributed by atoms with Gasteiger partial charge in [-0.15, -0.1) is 0 Å². The Hall–Kier alpha value is -1.38. The lowest BCUT2D eigenvalue weighted by Gasteiger charge is -2.34. The molecule has 0 aromatic heterocycles. The Morgan fingerprint density at radius 1 is 1.30 bits per heavy atom. The van der Waals surface area contributed by atoms with Crippen molar-refractivity contribution in [3.8, 4) is 0 Å². The number of nitrogens with zero attached hydrogens (tertiary/aromatic N) is 2.